The molecule has 0 saturated carbocycles. The Bertz CT molecular complexity index is 277. The maximum absolute atomic E-state index is 12.1. The molecule has 1 atom stereocenters. The van der Waals surface area contributed by atoms with Crippen LogP contribution >= 0.6 is 12.2 Å². The second-order valence-electron chi connectivity index (χ2n) is 4.86. The summed E-state index contributed by atoms with van der Waals surface area (Å²) in [6.07, 6.45) is 5.71. The van der Waals surface area contributed by atoms with Crippen LogP contribution in [0.5, 0.6) is 0 Å². The van der Waals surface area contributed by atoms with E-state index >= 15 is 0 Å². The summed E-state index contributed by atoms with van der Waals surface area (Å²) in [5, 5.41) is 6.77. The van der Waals surface area contributed by atoms with Crippen LogP contribution in [-0.2, 0) is 4.79 Å². The fourth-order valence-corrected chi connectivity index (χ4v) is 2.36. The predicted octanol–water partition coefficient (Wildman–Crippen LogP) is 1.65. The minimum atomic E-state index is -0.232. The highest BCUT2D eigenvalue weighted by Crippen LogP contribution is 2.09. The Balaban J connectivity index is 2.27. The van der Waals surface area contributed by atoms with Gasteiger partial charge in [-0.2, -0.15) is 0 Å². The fraction of sp³-hybridized carbons (Fsp3) is 0.846. The molecule has 0 spiro atoms. The number of carbonyl (C=O) groups is 1. The largest absolute Gasteiger partial charge is 0.363 e. The molecule has 0 aromatic rings. The van der Waals surface area contributed by atoms with Crippen molar-refractivity contribution in [1.82, 2.24) is 15.5 Å². The summed E-state index contributed by atoms with van der Waals surface area (Å²) in [5.41, 5.74) is 0. The third kappa shape index (κ3) is 5.21. The molecule has 1 amide bonds. The van der Waals surface area contributed by atoms with Gasteiger partial charge in [-0.15, -0.1) is 0 Å². The van der Waals surface area contributed by atoms with Crippen LogP contribution in [0.25, 0.3) is 0 Å². The Hall–Kier alpha value is -0.840. The number of piperidine rings is 1. The lowest BCUT2D eigenvalue weighted by molar-refractivity contribution is -0.133. The van der Waals surface area contributed by atoms with E-state index in [4.69, 9.17) is 12.2 Å². The van der Waals surface area contributed by atoms with Crippen molar-refractivity contribution < 1.29 is 4.79 Å². The molecule has 1 aliphatic heterocycles. The summed E-state index contributed by atoms with van der Waals surface area (Å²) < 4.78 is 0. The molecule has 1 rings (SSSR count). The summed E-state index contributed by atoms with van der Waals surface area (Å²) >= 11 is 5.17. The average Bonchev–Trinajstić information content (AvgIpc) is 2.39. The number of rotatable bonds is 5. The molecule has 4 nitrogen and oxygen atoms in total. The molecule has 18 heavy (non-hydrogen) atoms. The van der Waals surface area contributed by atoms with E-state index in [2.05, 4.69) is 17.6 Å². The molecule has 0 radical (unpaired) electrons. The van der Waals surface area contributed by atoms with Gasteiger partial charge in [-0.25, -0.2) is 0 Å². The first-order chi connectivity index (χ1) is 8.65. The maximum Gasteiger partial charge on any atom is 0.244 e. The van der Waals surface area contributed by atoms with Crippen LogP contribution in [-0.4, -0.2) is 41.6 Å². The number of unbranched alkanes of at least 4 members (excludes halogenated alkanes) is 1. The number of nitrogens with one attached hydrogen (secondary N) is 2. The van der Waals surface area contributed by atoms with Gasteiger partial charge in [-0.3, -0.25) is 4.79 Å². The van der Waals surface area contributed by atoms with Gasteiger partial charge in [0.2, 0.25) is 5.91 Å². The summed E-state index contributed by atoms with van der Waals surface area (Å²) in [5.74, 6) is 0.161. The van der Waals surface area contributed by atoms with Crippen molar-refractivity contribution in [2.24, 2.45) is 0 Å². The fourth-order valence-electron chi connectivity index (χ4n) is 2.08. The Morgan fingerprint density at radius 3 is 2.61 bits per heavy atom. The van der Waals surface area contributed by atoms with Gasteiger partial charge in [0.15, 0.2) is 5.11 Å². The lowest BCUT2D eigenvalue weighted by atomic mass is 10.1. The van der Waals surface area contributed by atoms with E-state index in [1.54, 1.807) is 0 Å². The zero-order valence-corrected chi connectivity index (χ0v) is 12.3. The number of hydrogen-bond donors (Lipinski definition) is 2. The second kappa shape index (κ2) is 8.29. The topological polar surface area (TPSA) is 44.4 Å². The maximum atomic E-state index is 12.1. The van der Waals surface area contributed by atoms with Crippen molar-refractivity contribution in [3.63, 3.8) is 0 Å². The van der Waals surface area contributed by atoms with E-state index in [0.717, 1.165) is 45.3 Å². The zero-order chi connectivity index (χ0) is 13.4. The van der Waals surface area contributed by atoms with Crippen LogP contribution < -0.4 is 10.6 Å². The summed E-state index contributed by atoms with van der Waals surface area (Å²) in [6, 6.07) is -0.232. The number of thiocarbonyl (C=S) groups is 1. The molecule has 0 bridgehead atoms. The standard InChI is InChI=1S/C13H25N3OS/c1-3-4-8-14-13(18)15-11(2)12(17)16-9-6-5-7-10-16/h11H,3-10H2,1-2H3,(H2,14,15,18). The van der Waals surface area contributed by atoms with Crippen molar-refractivity contribution in [2.75, 3.05) is 19.6 Å². The van der Waals surface area contributed by atoms with E-state index in [1.807, 2.05) is 11.8 Å². The van der Waals surface area contributed by atoms with Crippen LogP contribution in [0.15, 0.2) is 0 Å². The quantitative estimate of drug-likeness (QED) is 0.589. The van der Waals surface area contributed by atoms with Gasteiger partial charge < -0.3 is 15.5 Å². The monoisotopic (exact) mass is 271 g/mol. The van der Waals surface area contributed by atoms with Crippen molar-refractivity contribution in [2.45, 2.75) is 52.0 Å². The minimum absolute atomic E-state index is 0.161. The smallest absolute Gasteiger partial charge is 0.244 e. The van der Waals surface area contributed by atoms with E-state index < -0.39 is 0 Å². The van der Waals surface area contributed by atoms with E-state index in [0.29, 0.717) is 5.11 Å². The molecule has 0 aliphatic carbocycles. The summed E-state index contributed by atoms with van der Waals surface area (Å²) in [4.78, 5) is 14.1. The molecular formula is C13H25N3OS. The van der Waals surface area contributed by atoms with Crippen molar-refractivity contribution >= 4 is 23.2 Å². The molecule has 2 N–H and O–H groups in total. The van der Waals surface area contributed by atoms with Crippen LogP contribution in [0.2, 0.25) is 0 Å². The third-order valence-electron chi connectivity index (χ3n) is 3.20. The van der Waals surface area contributed by atoms with Crippen molar-refractivity contribution in [1.29, 1.82) is 0 Å². The van der Waals surface area contributed by atoms with Gasteiger partial charge in [-0.05, 0) is 44.8 Å². The first-order valence-electron chi connectivity index (χ1n) is 6.98. The van der Waals surface area contributed by atoms with Gasteiger partial charge in [0, 0.05) is 19.6 Å². The average molecular weight is 271 g/mol. The van der Waals surface area contributed by atoms with Gasteiger partial charge in [0.1, 0.15) is 6.04 Å². The predicted molar refractivity (Wildman–Crippen MR) is 78.5 cm³/mol. The lowest BCUT2D eigenvalue weighted by Crippen LogP contribution is -2.50. The molecule has 0 aromatic carbocycles. The molecule has 1 saturated heterocycles. The van der Waals surface area contributed by atoms with Crippen LogP contribution in [0.3, 0.4) is 0 Å². The molecule has 0 aromatic heterocycles. The minimum Gasteiger partial charge on any atom is -0.363 e. The Labute approximate surface area is 115 Å². The van der Waals surface area contributed by atoms with Crippen LogP contribution in [0.1, 0.15) is 46.0 Å². The molecular weight excluding hydrogens is 246 g/mol. The second-order valence-corrected chi connectivity index (χ2v) is 5.27. The van der Waals surface area contributed by atoms with E-state index in [-0.39, 0.29) is 11.9 Å². The SMILES string of the molecule is CCCCNC(=S)NC(C)C(=O)N1CCCCC1. The first kappa shape index (κ1) is 15.2. The van der Waals surface area contributed by atoms with Crippen LogP contribution in [0.4, 0.5) is 0 Å². The highest BCUT2D eigenvalue weighted by atomic mass is 32.1. The van der Waals surface area contributed by atoms with Gasteiger partial charge in [0.25, 0.3) is 0 Å². The van der Waals surface area contributed by atoms with Gasteiger partial charge in [0.05, 0.1) is 0 Å². The molecule has 1 heterocycles. The molecule has 5 heteroatoms. The summed E-state index contributed by atoms with van der Waals surface area (Å²) in [6.45, 7) is 6.67. The molecule has 104 valence electrons. The number of carbonyl (C=O) groups excluding carboxylic acids is 1. The van der Waals surface area contributed by atoms with E-state index in [9.17, 15) is 4.79 Å². The van der Waals surface area contributed by atoms with Crippen LogP contribution in [0, 0.1) is 0 Å². The van der Waals surface area contributed by atoms with E-state index in [1.165, 1.54) is 6.42 Å². The molecule has 1 fully saturated rings. The third-order valence-corrected chi connectivity index (χ3v) is 3.46. The van der Waals surface area contributed by atoms with Gasteiger partial charge in [-0.1, -0.05) is 13.3 Å². The zero-order valence-electron chi connectivity index (χ0n) is 11.5. The van der Waals surface area contributed by atoms with Crippen molar-refractivity contribution in [3.05, 3.63) is 0 Å². The molecule has 1 unspecified atom stereocenters. The highest BCUT2D eigenvalue weighted by molar-refractivity contribution is 7.80. The lowest BCUT2D eigenvalue weighted by Gasteiger charge is -2.29. The number of likely N-dealkylation sites (tertiary alicyclic amines) is 1. The Kier molecular flexibility index (Phi) is 7.01. The summed E-state index contributed by atoms with van der Waals surface area (Å²) in [7, 11) is 0. The highest BCUT2D eigenvalue weighted by Gasteiger charge is 2.22. The number of hydrogen-bond acceptors (Lipinski definition) is 2. The Morgan fingerprint density at radius 2 is 2.00 bits per heavy atom. The normalized spacial score (nSPS) is 17.1. The Morgan fingerprint density at radius 1 is 1.33 bits per heavy atom. The number of nitrogens with zero attached hydrogens (tertiary/aromatic N) is 1. The van der Waals surface area contributed by atoms with Crippen molar-refractivity contribution in [3.8, 4) is 0 Å². The first-order valence-corrected chi connectivity index (χ1v) is 7.39. The molecule has 1 aliphatic rings. The van der Waals surface area contributed by atoms with Gasteiger partial charge >= 0.3 is 0 Å². The number of amides is 1.